The highest BCUT2D eigenvalue weighted by molar-refractivity contribution is 6.02. The third-order valence-corrected chi connectivity index (χ3v) is 5.16. The summed E-state index contributed by atoms with van der Waals surface area (Å²) in [5.74, 6) is -6.33. The van der Waals surface area contributed by atoms with Crippen LogP contribution in [0.5, 0.6) is 0 Å². The largest absolute Gasteiger partial charge is 0.493 e. The first-order valence-electron chi connectivity index (χ1n) is 10.1. The minimum Gasteiger partial charge on any atom is -0.357 e. The van der Waals surface area contributed by atoms with E-state index in [2.05, 4.69) is 20.1 Å². The number of para-hydroxylation sites is 1. The molecule has 1 aromatic heterocycles. The maximum absolute atomic E-state index is 14.8. The predicted octanol–water partition coefficient (Wildman–Crippen LogP) is 5.01. The first kappa shape index (κ1) is 24.8. The predicted molar refractivity (Wildman–Crippen MR) is 113 cm³/mol. The molecule has 188 valence electrons. The number of nitrogens with zero attached hydrogens (tertiary/aromatic N) is 4. The Balaban J connectivity index is 2.00. The molecule has 8 nitrogen and oxygen atoms in total. The fraction of sp³-hybridized carbons (Fsp3) is 0.182. The molecule has 0 aliphatic carbocycles. The Hall–Kier alpha value is -4.36. The molecule has 2 heterocycles. The van der Waals surface area contributed by atoms with E-state index < -0.39 is 47.9 Å². The van der Waals surface area contributed by atoms with Gasteiger partial charge in [-0.15, -0.1) is 5.06 Å². The fourth-order valence-corrected chi connectivity index (χ4v) is 3.57. The van der Waals surface area contributed by atoms with Gasteiger partial charge in [-0.3, -0.25) is 0 Å². The average molecular weight is 511 g/mol. The molecule has 2 amide bonds. The Morgan fingerprint density at radius 2 is 1.75 bits per heavy atom. The molecule has 0 fully saturated rings. The molecule has 0 atom stereocenters. The number of hydrogen-bond acceptors (Lipinski definition) is 6. The smallest absolute Gasteiger partial charge is 0.357 e. The zero-order valence-electron chi connectivity index (χ0n) is 18.5. The van der Waals surface area contributed by atoms with Crippen molar-refractivity contribution in [3.63, 3.8) is 0 Å². The summed E-state index contributed by atoms with van der Waals surface area (Å²) in [6.45, 7) is 0.717. The lowest BCUT2D eigenvalue weighted by molar-refractivity contribution is -0.229. The van der Waals surface area contributed by atoms with E-state index in [9.17, 15) is 35.9 Å². The van der Waals surface area contributed by atoms with Gasteiger partial charge in [0.2, 0.25) is 5.95 Å². The molecule has 1 N–H and O–H groups in total. The fourth-order valence-electron chi connectivity index (χ4n) is 3.57. The van der Waals surface area contributed by atoms with Crippen LogP contribution in [0.25, 0.3) is 11.3 Å². The van der Waals surface area contributed by atoms with Crippen molar-refractivity contribution in [1.82, 2.24) is 15.0 Å². The Bertz CT molecular complexity index is 1360. The topological polar surface area (TPSA) is 87.7 Å². The third-order valence-electron chi connectivity index (χ3n) is 5.16. The van der Waals surface area contributed by atoms with Crippen molar-refractivity contribution >= 4 is 29.5 Å². The zero-order valence-corrected chi connectivity index (χ0v) is 18.5. The molecular weight excluding hydrogens is 496 g/mol. The van der Waals surface area contributed by atoms with E-state index in [0.29, 0.717) is 10.5 Å². The molecule has 0 unspecified atom stereocenters. The minimum atomic E-state index is -5.47. The molecule has 4 rings (SSSR count). The van der Waals surface area contributed by atoms with Gasteiger partial charge in [0.05, 0.1) is 12.2 Å². The quantitative estimate of drug-likeness (QED) is 0.496. The lowest BCUT2D eigenvalue weighted by Crippen LogP contribution is -2.48. The van der Waals surface area contributed by atoms with Gasteiger partial charge >= 0.3 is 18.2 Å². The van der Waals surface area contributed by atoms with E-state index in [1.54, 1.807) is 0 Å². The number of hydrogen-bond donors (Lipinski definition) is 1. The highest BCUT2D eigenvalue weighted by Gasteiger charge is 2.46. The minimum absolute atomic E-state index is 0.00516. The molecule has 0 saturated carbocycles. The third kappa shape index (κ3) is 4.36. The van der Waals surface area contributed by atoms with E-state index in [1.165, 1.54) is 20.0 Å². The SMILES string of the molecule is CNc1nc(-c2ccc(F)cc2C)c2c(n1)N(c1c(F)cccc1F)C(=O)N(OC(=O)C(F)(F)F)C2. The summed E-state index contributed by atoms with van der Waals surface area (Å²) in [6, 6.07) is 4.70. The van der Waals surface area contributed by atoms with Crippen LogP contribution >= 0.6 is 0 Å². The van der Waals surface area contributed by atoms with Crippen molar-refractivity contribution in [2.75, 3.05) is 17.3 Å². The summed E-state index contributed by atoms with van der Waals surface area (Å²) >= 11 is 0. The maximum Gasteiger partial charge on any atom is 0.493 e. The average Bonchev–Trinajstić information content (AvgIpc) is 2.80. The number of alkyl halides is 3. The van der Waals surface area contributed by atoms with Crippen molar-refractivity contribution < 1.29 is 40.8 Å². The zero-order chi connectivity index (χ0) is 26.4. The van der Waals surface area contributed by atoms with Crippen molar-refractivity contribution in [3.05, 3.63) is 65.0 Å². The van der Waals surface area contributed by atoms with Gasteiger partial charge in [0, 0.05) is 18.2 Å². The van der Waals surface area contributed by atoms with Gasteiger partial charge in [0.1, 0.15) is 23.1 Å². The number of urea groups is 1. The van der Waals surface area contributed by atoms with Crippen LogP contribution in [0.4, 0.5) is 48.6 Å². The molecule has 3 aromatic rings. The Labute approximate surface area is 199 Å². The lowest BCUT2D eigenvalue weighted by atomic mass is 10.00. The molecule has 0 bridgehead atoms. The van der Waals surface area contributed by atoms with Crippen LogP contribution < -0.4 is 10.2 Å². The number of amides is 2. The summed E-state index contributed by atoms with van der Waals surface area (Å²) in [5.41, 5.74) is -0.488. The van der Waals surface area contributed by atoms with Crippen LogP contribution in [0.2, 0.25) is 0 Å². The molecule has 36 heavy (non-hydrogen) atoms. The summed E-state index contributed by atoms with van der Waals surface area (Å²) < 4.78 is 81.9. The molecule has 14 heteroatoms. The number of nitrogens with one attached hydrogen (secondary N) is 1. The summed E-state index contributed by atoms with van der Waals surface area (Å²) in [4.78, 5) is 37.7. The number of anilines is 3. The summed E-state index contributed by atoms with van der Waals surface area (Å²) in [6.07, 6.45) is -5.47. The van der Waals surface area contributed by atoms with Crippen LogP contribution in [-0.4, -0.2) is 40.3 Å². The van der Waals surface area contributed by atoms with Crippen LogP contribution in [0.1, 0.15) is 11.1 Å². The lowest BCUT2D eigenvalue weighted by Gasteiger charge is -2.35. The molecule has 0 saturated heterocycles. The molecule has 2 aromatic carbocycles. The second-order valence-corrected chi connectivity index (χ2v) is 7.51. The van der Waals surface area contributed by atoms with Crippen molar-refractivity contribution in [1.29, 1.82) is 0 Å². The monoisotopic (exact) mass is 511 g/mol. The first-order chi connectivity index (χ1) is 16.9. The number of benzene rings is 2. The van der Waals surface area contributed by atoms with Crippen molar-refractivity contribution in [3.8, 4) is 11.3 Å². The van der Waals surface area contributed by atoms with Gasteiger partial charge in [-0.05, 0) is 42.8 Å². The van der Waals surface area contributed by atoms with Gasteiger partial charge in [0.25, 0.3) is 0 Å². The summed E-state index contributed by atoms with van der Waals surface area (Å²) in [7, 11) is 1.42. The van der Waals surface area contributed by atoms with E-state index in [-0.39, 0.29) is 33.7 Å². The van der Waals surface area contributed by atoms with Crippen molar-refractivity contribution in [2.24, 2.45) is 0 Å². The molecule has 0 spiro atoms. The molecule has 1 aliphatic heterocycles. The number of aryl methyl sites for hydroxylation is 1. The number of carbonyl (C=O) groups is 2. The van der Waals surface area contributed by atoms with E-state index in [1.807, 2.05) is 0 Å². The van der Waals surface area contributed by atoms with Gasteiger partial charge in [0.15, 0.2) is 5.82 Å². The van der Waals surface area contributed by atoms with Gasteiger partial charge in [-0.2, -0.15) is 18.2 Å². The number of halogens is 6. The van der Waals surface area contributed by atoms with Crippen LogP contribution in [-0.2, 0) is 16.2 Å². The number of fused-ring (bicyclic) bond motifs is 1. The van der Waals surface area contributed by atoms with E-state index in [4.69, 9.17) is 0 Å². The molecular formula is C22H15F6N5O3. The Morgan fingerprint density at radius 1 is 1.08 bits per heavy atom. The number of hydroxylamine groups is 2. The highest BCUT2D eigenvalue weighted by atomic mass is 19.4. The second-order valence-electron chi connectivity index (χ2n) is 7.51. The number of aromatic nitrogens is 2. The highest BCUT2D eigenvalue weighted by Crippen LogP contribution is 2.41. The Kier molecular flexibility index (Phi) is 6.20. The molecule has 0 radical (unpaired) electrons. The van der Waals surface area contributed by atoms with Crippen LogP contribution in [0.15, 0.2) is 36.4 Å². The van der Waals surface area contributed by atoms with Crippen LogP contribution in [0.3, 0.4) is 0 Å². The van der Waals surface area contributed by atoms with Crippen molar-refractivity contribution in [2.45, 2.75) is 19.6 Å². The Morgan fingerprint density at radius 3 is 2.33 bits per heavy atom. The molecule has 1 aliphatic rings. The van der Waals surface area contributed by atoms with Crippen LogP contribution in [0, 0.1) is 24.4 Å². The van der Waals surface area contributed by atoms with E-state index in [0.717, 1.165) is 30.3 Å². The maximum atomic E-state index is 14.8. The standard InChI is InChI=1S/C22H15F6N5O3/c1-10-8-11(23)6-7-12(10)16-13-9-32(36-19(34)22(26,27)28)21(35)33(18(13)31-20(29-2)30-16)17-14(24)4-3-5-15(17)25/h3-8H,9H2,1-2H3,(H,29,30,31). The van der Waals surface area contributed by atoms with Gasteiger partial charge < -0.3 is 10.2 Å². The number of carbonyl (C=O) groups excluding carboxylic acids is 2. The van der Waals surface area contributed by atoms with Gasteiger partial charge in [-0.25, -0.2) is 32.6 Å². The number of rotatable bonds is 4. The van der Waals surface area contributed by atoms with E-state index >= 15 is 0 Å². The first-order valence-corrected chi connectivity index (χ1v) is 10.1. The van der Waals surface area contributed by atoms with Gasteiger partial charge in [-0.1, -0.05) is 6.07 Å². The summed E-state index contributed by atoms with van der Waals surface area (Å²) in [5, 5.41) is 2.62. The second kappa shape index (κ2) is 9.02. The normalized spacial score (nSPS) is 13.5.